The Morgan fingerprint density at radius 2 is 2.00 bits per heavy atom. The lowest BCUT2D eigenvalue weighted by atomic mass is 10.2. The van der Waals surface area contributed by atoms with Gasteiger partial charge in [-0.15, -0.1) is 0 Å². The number of benzene rings is 1. The predicted molar refractivity (Wildman–Crippen MR) is 74.0 cm³/mol. The molecule has 0 fully saturated rings. The average Bonchev–Trinajstić information content (AvgIpc) is 2.27. The SMILES string of the molecule is Cc1cc(C)nc(Sc2ccc(C#N)c(Cl)c2)c1. The van der Waals surface area contributed by atoms with Gasteiger partial charge in [-0.1, -0.05) is 23.4 Å². The van der Waals surface area contributed by atoms with Crippen molar-refractivity contribution in [1.82, 2.24) is 4.98 Å². The van der Waals surface area contributed by atoms with E-state index in [9.17, 15) is 0 Å². The molecule has 0 N–H and O–H groups in total. The minimum absolute atomic E-state index is 0.479. The van der Waals surface area contributed by atoms with Crippen molar-refractivity contribution >= 4 is 23.4 Å². The van der Waals surface area contributed by atoms with Crippen molar-refractivity contribution in [1.29, 1.82) is 5.26 Å². The van der Waals surface area contributed by atoms with Gasteiger partial charge >= 0.3 is 0 Å². The number of nitrogens with zero attached hydrogens (tertiary/aromatic N) is 2. The van der Waals surface area contributed by atoms with Crippen LogP contribution in [0.3, 0.4) is 0 Å². The van der Waals surface area contributed by atoms with Gasteiger partial charge in [-0.05, 0) is 49.7 Å². The fraction of sp³-hybridized carbons (Fsp3) is 0.143. The lowest BCUT2D eigenvalue weighted by Gasteiger charge is -2.04. The normalized spacial score (nSPS) is 10.1. The zero-order valence-electron chi connectivity index (χ0n) is 10.1. The summed E-state index contributed by atoms with van der Waals surface area (Å²) >= 11 is 7.55. The summed E-state index contributed by atoms with van der Waals surface area (Å²) in [6, 6.07) is 11.5. The fourth-order valence-corrected chi connectivity index (χ4v) is 2.90. The zero-order valence-corrected chi connectivity index (χ0v) is 11.6. The molecule has 0 saturated carbocycles. The minimum Gasteiger partial charge on any atom is -0.246 e. The standard InChI is InChI=1S/C14H11ClN2S/c1-9-5-10(2)17-14(6-9)18-12-4-3-11(8-16)13(15)7-12/h3-7H,1-2H3. The Morgan fingerprint density at radius 1 is 1.22 bits per heavy atom. The van der Waals surface area contributed by atoms with Gasteiger partial charge in [0.05, 0.1) is 10.6 Å². The van der Waals surface area contributed by atoms with Gasteiger partial charge < -0.3 is 0 Å². The molecule has 2 rings (SSSR count). The largest absolute Gasteiger partial charge is 0.246 e. The van der Waals surface area contributed by atoms with Gasteiger partial charge in [0.1, 0.15) is 11.1 Å². The highest BCUT2D eigenvalue weighted by molar-refractivity contribution is 7.99. The predicted octanol–water partition coefficient (Wildman–Crippen LogP) is 4.37. The van der Waals surface area contributed by atoms with E-state index < -0.39 is 0 Å². The van der Waals surface area contributed by atoms with Crippen LogP contribution in [-0.2, 0) is 0 Å². The number of rotatable bonds is 2. The maximum absolute atomic E-state index is 8.82. The van der Waals surface area contributed by atoms with Crippen LogP contribution in [0.1, 0.15) is 16.8 Å². The Bertz CT molecular complexity index is 612. The van der Waals surface area contributed by atoms with Crippen LogP contribution in [0.4, 0.5) is 0 Å². The molecule has 0 radical (unpaired) electrons. The minimum atomic E-state index is 0.479. The Balaban J connectivity index is 2.29. The summed E-state index contributed by atoms with van der Waals surface area (Å²) in [5, 5.41) is 10.2. The van der Waals surface area contributed by atoms with Crippen molar-refractivity contribution in [3.05, 3.63) is 52.2 Å². The topological polar surface area (TPSA) is 36.7 Å². The van der Waals surface area contributed by atoms with E-state index in [0.717, 1.165) is 15.6 Å². The van der Waals surface area contributed by atoms with Crippen molar-refractivity contribution in [2.75, 3.05) is 0 Å². The molecular formula is C14H11ClN2S. The van der Waals surface area contributed by atoms with Crippen LogP contribution in [0.5, 0.6) is 0 Å². The highest BCUT2D eigenvalue weighted by Gasteiger charge is 2.04. The number of hydrogen-bond acceptors (Lipinski definition) is 3. The van der Waals surface area contributed by atoms with Crippen molar-refractivity contribution in [2.24, 2.45) is 0 Å². The van der Waals surface area contributed by atoms with Gasteiger partial charge in [-0.3, -0.25) is 0 Å². The van der Waals surface area contributed by atoms with Crippen LogP contribution in [-0.4, -0.2) is 4.98 Å². The van der Waals surface area contributed by atoms with E-state index in [-0.39, 0.29) is 0 Å². The second-order valence-electron chi connectivity index (χ2n) is 3.98. The first kappa shape index (κ1) is 12.9. The van der Waals surface area contributed by atoms with Crippen LogP contribution in [0, 0.1) is 25.2 Å². The van der Waals surface area contributed by atoms with Crippen molar-refractivity contribution in [3.63, 3.8) is 0 Å². The summed E-state index contributed by atoms with van der Waals surface area (Å²) in [5.74, 6) is 0. The molecule has 0 atom stereocenters. The molecule has 18 heavy (non-hydrogen) atoms. The lowest BCUT2D eigenvalue weighted by Crippen LogP contribution is -1.87. The molecule has 0 aliphatic carbocycles. The summed E-state index contributed by atoms with van der Waals surface area (Å²) < 4.78 is 0. The first-order valence-corrected chi connectivity index (χ1v) is 6.61. The van der Waals surface area contributed by atoms with E-state index in [1.807, 2.05) is 38.1 Å². The molecule has 2 nitrogen and oxygen atoms in total. The number of hydrogen-bond donors (Lipinski definition) is 0. The lowest BCUT2D eigenvalue weighted by molar-refractivity contribution is 1.05. The third kappa shape index (κ3) is 3.04. The molecule has 0 aliphatic rings. The molecule has 0 unspecified atom stereocenters. The summed E-state index contributed by atoms with van der Waals surface area (Å²) in [6.07, 6.45) is 0. The molecule has 0 saturated heterocycles. The number of nitriles is 1. The summed E-state index contributed by atoms with van der Waals surface area (Å²) in [4.78, 5) is 5.44. The van der Waals surface area contributed by atoms with Crippen LogP contribution in [0.25, 0.3) is 0 Å². The van der Waals surface area contributed by atoms with Gasteiger partial charge in [0.15, 0.2) is 0 Å². The van der Waals surface area contributed by atoms with E-state index in [0.29, 0.717) is 10.6 Å². The van der Waals surface area contributed by atoms with Crippen molar-refractivity contribution in [2.45, 2.75) is 23.8 Å². The molecule has 0 aliphatic heterocycles. The summed E-state index contributed by atoms with van der Waals surface area (Å²) in [6.45, 7) is 4.02. The zero-order chi connectivity index (χ0) is 13.1. The molecule has 90 valence electrons. The van der Waals surface area contributed by atoms with Crippen molar-refractivity contribution in [3.8, 4) is 6.07 Å². The monoisotopic (exact) mass is 274 g/mol. The molecule has 1 aromatic carbocycles. The molecule has 0 bridgehead atoms. The van der Waals surface area contributed by atoms with Gasteiger partial charge in [0, 0.05) is 10.6 Å². The Hall–Kier alpha value is -1.50. The van der Waals surface area contributed by atoms with Gasteiger partial charge in [-0.2, -0.15) is 5.26 Å². The summed E-state index contributed by atoms with van der Waals surface area (Å²) in [7, 11) is 0. The molecule has 0 amide bonds. The molecule has 1 aromatic heterocycles. The van der Waals surface area contributed by atoms with Crippen LogP contribution >= 0.6 is 23.4 Å². The second kappa shape index (κ2) is 5.43. The first-order valence-electron chi connectivity index (χ1n) is 5.41. The van der Waals surface area contributed by atoms with Crippen LogP contribution < -0.4 is 0 Å². The first-order chi connectivity index (χ1) is 8.58. The second-order valence-corrected chi connectivity index (χ2v) is 5.48. The molecule has 0 spiro atoms. The van der Waals surface area contributed by atoms with Crippen LogP contribution in [0.15, 0.2) is 40.3 Å². The van der Waals surface area contributed by atoms with E-state index in [4.69, 9.17) is 16.9 Å². The molecular weight excluding hydrogens is 264 g/mol. The third-order valence-corrected chi connectivity index (χ3v) is 3.58. The van der Waals surface area contributed by atoms with Crippen LogP contribution in [0.2, 0.25) is 5.02 Å². The number of halogens is 1. The average molecular weight is 275 g/mol. The Kier molecular flexibility index (Phi) is 3.90. The highest BCUT2D eigenvalue weighted by atomic mass is 35.5. The van der Waals surface area contributed by atoms with E-state index in [1.165, 1.54) is 5.56 Å². The van der Waals surface area contributed by atoms with E-state index >= 15 is 0 Å². The molecule has 4 heteroatoms. The van der Waals surface area contributed by atoms with Gasteiger partial charge in [0.25, 0.3) is 0 Å². The maximum Gasteiger partial charge on any atom is 0.101 e. The number of pyridine rings is 1. The summed E-state index contributed by atoms with van der Waals surface area (Å²) in [5.41, 5.74) is 2.68. The molecule has 1 heterocycles. The third-order valence-electron chi connectivity index (χ3n) is 2.36. The number of aromatic nitrogens is 1. The maximum atomic E-state index is 8.82. The van der Waals surface area contributed by atoms with E-state index in [1.54, 1.807) is 23.9 Å². The quantitative estimate of drug-likeness (QED) is 0.816. The smallest absolute Gasteiger partial charge is 0.101 e. The molecule has 2 aromatic rings. The Labute approximate surface area is 116 Å². The number of aryl methyl sites for hydroxylation is 2. The highest BCUT2D eigenvalue weighted by Crippen LogP contribution is 2.30. The van der Waals surface area contributed by atoms with E-state index in [2.05, 4.69) is 4.98 Å². The van der Waals surface area contributed by atoms with Gasteiger partial charge in [0.2, 0.25) is 0 Å². The van der Waals surface area contributed by atoms with Gasteiger partial charge in [-0.25, -0.2) is 4.98 Å². The Morgan fingerprint density at radius 3 is 2.61 bits per heavy atom. The van der Waals surface area contributed by atoms with Crippen molar-refractivity contribution < 1.29 is 0 Å². The fourth-order valence-electron chi connectivity index (χ4n) is 1.63.